The van der Waals surface area contributed by atoms with Gasteiger partial charge in [0.2, 0.25) is 0 Å². The van der Waals surface area contributed by atoms with Gasteiger partial charge in [-0.05, 0) is 5.56 Å². The first-order valence-electron chi connectivity index (χ1n) is 4.35. The van der Waals surface area contributed by atoms with E-state index in [0.717, 1.165) is 0 Å². The molecule has 4 N–H and O–H groups in total. The van der Waals surface area contributed by atoms with Crippen molar-refractivity contribution in [3.8, 4) is 0 Å². The predicted octanol–water partition coefficient (Wildman–Crippen LogP) is -1.45. The summed E-state index contributed by atoms with van der Waals surface area (Å²) in [5.74, 6) is 0. The molecule has 0 bridgehead atoms. The summed E-state index contributed by atoms with van der Waals surface area (Å²) >= 11 is 0. The number of benzene rings is 1. The molecular formula is C8H9BN3O3-. The van der Waals surface area contributed by atoms with Crippen LogP contribution < -0.4 is 11.2 Å². The van der Waals surface area contributed by atoms with Crippen LogP contribution in [-0.2, 0) is 0 Å². The largest absolute Gasteiger partial charge is 0.560 e. The fourth-order valence-electron chi connectivity index (χ4n) is 1.56. The summed E-state index contributed by atoms with van der Waals surface area (Å²) in [6.45, 7) is -3.19. The second-order valence-corrected chi connectivity index (χ2v) is 3.29. The second kappa shape index (κ2) is 3.08. The van der Waals surface area contributed by atoms with Crippen molar-refractivity contribution in [2.75, 3.05) is 0 Å². The third-order valence-electron chi connectivity index (χ3n) is 2.30. The Kier molecular flexibility index (Phi) is 1.99. The normalized spacial score (nSPS) is 17.3. The van der Waals surface area contributed by atoms with Crippen LogP contribution in [0.5, 0.6) is 0 Å². The quantitative estimate of drug-likeness (QED) is 0.452. The summed E-state index contributed by atoms with van der Waals surface area (Å²) in [5.41, 5.74) is 5.75. The van der Waals surface area contributed by atoms with Crippen LogP contribution in [0.15, 0.2) is 29.4 Å². The number of nitrogens with zero attached hydrogens (tertiary/aromatic N) is 2. The van der Waals surface area contributed by atoms with E-state index in [1.807, 2.05) is 0 Å². The SMILES string of the molecule is NC(=O)N1N=Cc2ccccc2[B-]1(O)O. The molecule has 0 radical (unpaired) electrons. The molecule has 0 spiro atoms. The number of urea groups is 1. The highest BCUT2D eigenvalue weighted by Crippen LogP contribution is 2.11. The lowest BCUT2D eigenvalue weighted by atomic mass is 9.61. The molecule has 1 aromatic carbocycles. The molecule has 1 aromatic rings. The van der Waals surface area contributed by atoms with Crippen LogP contribution in [0.1, 0.15) is 5.56 Å². The number of hydrazone groups is 1. The van der Waals surface area contributed by atoms with E-state index in [4.69, 9.17) is 5.73 Å². The van der Waals surface area contributed by atoms with Crippen LogP contribution in [0.4, 0.5) is 4.79 Å². The van der Waals surface area contributed by atoms with Gasteiger partial charge >= 0.3 is 6.69 Å². The van der Waals surface area contributed by atoms with Gasteiger partial charge in [-0.15, -0.1) is 5.46 Å². The van der Waals surface area contributed by atoms with E-state index in [-0.39, 0.29) is 5.46 Å². The van der Waals surface area contributed by atoms with E-state index in [2.05, 4.69) is 5.10 Å². The molecule has 0 fully saturated rings. The first-order valence-corrected chi connectivity index (χ1v) is 4.35. The lowest BCUT2D eigenvalue weighted by molar-refractivity contribution is 0.210. The first-order chi connectivity index (χ1) is 7.03. The molecule has 1 heterocycles. The van der Waals surface area contributed by atoms with Gasteiger partial charge in [-0.25, -0.2) is 5.10 Å². The molecule has 1 aliphatic rings. The standard InChI is InChI=1S/C8H9BN3O3/c10-8(13)12-9(14,15)7-4-2-1-3-6(7)5-11-12/h1-5,14-15H,(H2,10,13)/q-1. The molecule has 2 amide bonds. The number of rotatable bonds is 0. The number of carbonyl (C=O) groups is 1. The lowest BCUT2D eigenvalue weighted by Crippen LogP contribution is -2.66. The second-order valence-electron chi connectivity index (χ2n) is 3.29. The minimum atomic E-state index is -3.19. The average Bonchev–Trinajstić information content (AvgIpc) is 2.17. The van der Waals surface area contributed by atoms with Crippen molar-refractivity contribution in [3.05, 3.63) is 29.8 Å². The van der Waals surface area contributed by atoms with Crippen molar-refractivity contribution in [1.82, 2.24) is 4.92 Å². The number of primary amides is 1. The topological polar surface area (TPSA) is 99.2 Å². The first kappa shape index (κ1) is 9.69. The van der Waals surface area contributed by atoms with E-state index in [0.29, 0.717) is 10.5 Å². The molecule has 1 aliphatic heterocycles. The molecule has 0 saturated carbocycles. The van der Waals surface area contributed by atoms with Crippen molar-refractivity contribution in [3.63, 3.8) is 0 Å². The number of fused-ring (bicyclic) bond motifs is 1. The maximum absolute atomic E-state index is 10.9. The maximum Gasteiger partial charge on any atom is 0.395 e. The predicted molar refractivity (Wildman–Crippen MR) is 55.3 cm³/mol. The Morgan fingerprint density at radius 1 is 1.40 bits per heavy atom. The summed E-state index contributed by atoms with van der Waals surface area (Å²) in [6.07, 6.45) is 1.35. The van der Waals surface area contributed by atoms with Gasteiger partial charge in [0, 0.05) is 6.21 Å². The van der Waals surface area contributed by atoms with Gasteiger partial charge < -0.3 is 20.7 Å². The Hall–Kier alpha value is -1.86. The molecule has 7 heteroatoms. The van der Waals surface area contributed by atoms with E-state index in [1.54, 1.807) is 18.2 Å². The van der Waals surface area contributed by atoms with Crippen LogP contribution in [0.3, 0.4) is 0 Å². The highest BCUT2D eigenvalue weighted by atomic mass is 16.4. The molecule has 0 aliphatic carbocycles. The molecule has 0 saturated heterocycles. The number of carbonyl (C=O) groups excluding carboxylic acids is 1. The van der Waals surface area contributed by atoms with Crippen molar-refractivity contribution in [2.45, 2.75) is 0 Å². The minimum Gasteiger partial charge on any atom is -0.560 e. The van der Waals surface area contributed by atoms with E-state index in [1.165, 1.54) is 12.3 Å². The lowest BCUT2D eigenvalue weighted by Gasteiger charge is -2.40. The third kappa shape index (κ3) is 1.38. The van der Waals surface area contributed by atoms with Crippen molar-refractivity contribution in [1.29, 1.82) is 0 Å². The van der Waals surface area contributed by atoms with E-state index >= 15 is 0 Å². The summed E-state index contributed by atoms with van der Waals surface area (Å²) in [6, 6.07) is 5.54. The number of hydrogen-bond donors (Lipinski definition) is 3. The molecule has 78 valence electrons. The zero-order chi connectivity index (χ0) is 11.1. The maximum atomic E-state index is 10.9. The Morgan fingerprint density at radius 3 is 2.73 bits per heavy atom. The smallest absolute Gasteiger partial charge is 0.395 e. The van der Waals surface area contributed by atoms with Crippen molar-refractivity contribution in [2.24, 2.45) is 10.8 Å². The van der Waals surface area contributed by atoms with Crippen LogP contribution in [0.2, 0.25) is 0 Å². The molecular weight excluding hydrogens is 197 g/mol. The van der Waals surface area contributed by atoms with Gasteiger partial charge in [0.1, 0.15) is 0 Å². The summed E-state index contributed by atoms with van der Waals surface area (Å²) in [5, 5.41) is 23.2. The monoisotopic (exact) mass is 206 g/mol. The van der Waals surface area contributed by atoms with Gasteiger partial charge in [0.05, 0.1) is 0 Å². The van der Waals surface area contributed by atoms with Crippen LogP contribution in [0.25, 0.3) is 0 Å². The van der Waals surface area contributed by atoms with Crippen LogP contribution >= 0.6 is 0 Å². The van der Waals surface area contributed by atoms with E-state index in [9.17, 15) is 14.8 Å². The van der Waals surface area contributed by atoms with E-state index < -0.39 is 12.7 Å². The highest BCUT2D eigenvalue weighted by molar-refractivity contribution is 6.79. The summed E-state index contributed by atoms with van der Waals surface area (Å²) in [7, 11) is 0. The average molecular weight is 206 g/mol. The summed E-state index contributed by atoms with van der Waals surface area (Å²) in [4.78, 5) is 11.4. The van der Waals surface area contributed by atoms with Crippen molar-refractivity contribution >= 4 is 24.4 Å². The Labute approximate surface area is 85.6 Å². The number of hydrogen-bond acceptors (Lipinski definition) is 4. The Balaban J connectivity index is 2.57. The molecule has 6 nitrogen and oxygen atoms in total. The highest BCUT2D eigenvalue weighted by Gasteiger charge is 2.36. The minimum absolute atomic E-state index is 0.228. The van der Waals surface area contributed by atoms with Gasteiger partial charge in [0.25, 0.3) is 6.03 Å². The van der Waals surface area contributed by atoms with Gasteiger partial charge in [-0.1, -0.05) is 24.3 Å². The Bertz CT molecular complexity index is 447. The van der Waals surface area contributed by atoms with Crippen LogP contribution in [0, 0.1) is 0 Å². The fourth-order valence-corrected chi connectivity index (χ4v) is 1.56. The van der Waals surface area contributed by atoms with Gasteiger partial charge in [-0.2, -0.15) is 0 Å². The summed E-state index contributed by atoms with van der Waals surface area (Å²) < 4.78 is 0. The van der Waals surface area contributed by atoms with Crippen LogP contribution in [-0.4, -0.2) is 33.9 Å². The molecule has 0 unspecified atom stereocenters. The molecule has 0 aromatic heterocycles. The Morgan fingerprint density at radius 2 is 2.07 bits per heavy atom. The number of amides is 2. The molecule has 0 atom stereocenters. The van der Waals surface area contributed by atoms with Crippen molar-refractivity contribution < 1.29 is 14.8 Å². The third-order valence-corrected chi connectivity index (χ3v) is 2.30. The van der Waals surface area contributed by atoms with Gasteiger partial charge in [0.15, 0.2) is 0 Å². The molecule has 2 rings (SSSR count). The zero-order valence-electron chi connectivity index (χ0n) is 7.74. The van der Waals surface area contributed by atoms with Gasteiger partial charge in [-0.3, -0.25) is 4.79 Å². The number of nitrogens with two attached hydrogens (primary N) is 1. The fraction of sp³-hybridized carbons (Fsp3) is 0. The molecule has 15 heavy (non-hydrogen) atoms. The zero-order valence-corrected chi connectivity index (χ0v) is 7.74.